The highest BCUT2D eigenvalue weighted by atomic mass is 16.5. The van der Waals surface area contributed by atoms with Crippen LogP contribution in [0.4, 0.5) is 0 Å². The number of aryl methyl sites for hydroxylation is 1. The summed E-state index contributed by atoms with van der Waals surface area (Å²) in [6, 6.07) is 13.4. The van der Waals surface area contributed by atoms with E-state index in [1.54, 1.807) is 18.0 Å². The lowest BCUT2D eigenvalue weighted by molar-refractivity contribution is 0.0992. The highest BCUT2D eigenvalue weighted by Gasteiger charge is 2.14. The lowest BCUT2D eigenvalue weighted by atomic mass is 9.98. The van der Waals surface area contributed by atoms with Crippen LogP contribution in [0, 0.1) is 13.8 Å². The van der Waals surface area contributed by atoms with Gasteiger partial charge in [-0.2, -0.15) is 5.10 Å². The zero-order valence-electron chi connectivity index (χ0n) is 14.1. The van der Waals surface area contributed by atoms with Crippen molar-refractivity contribution in [1.82, 2.24) is 9.78 Å². The van der Waals surface area contributed by atoms with Crippen molar-refractivity contribution in [2.45, 2.75) is 20.3 Å². The van der Waals surface area contributed by atoms with E-state index in [0.717, 1.165) is 28.1 Å². The summed E-state index contributed by atoms with van der Waals surface area (Å²) >= 11 is 0. The van der Waals surface area contributed by atoms with E-state index in [2.05, 4.69) is 5.10 Å². The summed E-state index contributed by atoms with van der Waals surface area (Å²) in [6.07, 6.45) is 3.93. The van der Waals surface area contributed by atoms with Crippen LogP contribution in [0.15, 0.2) is 54.9 Å². The van der Waals surface area contributed by atoms with Gasteiger partial charge in [0, 0.05) is 24.4 Å². The average molecular weight is 320 g/mol. The number of carbonyl (C=O) groups is 1. The van der Waals surface area contributed by atoms with Crippen LogP contribution >= 0.6 is 0 Å². The normalized spacial score (nSPS) is 10.6. The van der Waals surface area contributed by atoms with Crippen molar-refractivity contribution in [1.29, 1.82) is 0 Å². The van der Waals surface area contributed by atoms with Crippen LogP contribution in [-0.2, 0) is 6.42 Å². The Bertz CT molecular complexity index is 867. The molecule has 0 radical (unpaired) electrons. The fourth-order valence-electron chi connectivity index (χ4n) is 2.77. The molecule has 0 aliphatic carbocycles. The van der Waals surface area contributed by atoms with Gasteiger partial charge in [0.2, 0.25) is 0 Å². The van der Waals surface area contributed by atoms with Crippen molar-refractivity contribution < 1.29 is 9.53 Å². The molecule has 2 aromatic carbocycles. The molecule has 1 aromatic heterocycles. The van der Waals surface area contributed by atoms with Crippen molar-refractivity contribution in [2.24, 2.45) is 0 Å². The third kappa shape index (κ3) is 3.08. The molecule has 0 saturated heterocycles. The number of ketones is 1. The Kier molecular flexibility index (Phi) is 4.47. The van der Waals surface area contributed by atoms with E-state index >= 15 is 0 Å². The maximum Gasteiger partial charge on any atom is 0.167 e. The van der Waals surface area contributed by atoms with Crippen LogP contribution in [0.1, 0.15) is 27.0 Å². The molecule has 4 nitrogen and oxygen atoms in total. The molecule has 24 heavy (non-hydrogen) atoms. The zero-order chi connectivity index (χ0) is 17.1. The number of methoxy groups -OCH3 is 1. The minimum absolute atomic E-state index is 0.0657. The minimum atomic E-state index is 0.0657. The standard InChI is InChI=1S/C20H20N2O2/c1-14-11-17(13-20(24-3)15(14)2)19(23)12-16-7-4-5-8-18(16)22-10-6-9-21-22/h4-11,13H,12H2,1-3H3. The zero-order valence-corrected chi connectivity index (χ0v) is 14.1. The topological polar surface area (TPSA) is 44.1 Å². The molecule has 0 spiro atoms. The lowest BCUT2D eigenvalue weighted by Gasteiger charge is -2.12. The summed E-state index contributed by atoms with van der Waals surface area (Å²) in [5.74, 6) is 0.815. The van der Waals surface area contributed by atoms with Crippen molar-refractivity contribution in [3.05, 3.63) is 77.1 Å². The van der Waals surface area contributed by atoms with Gasteiger partial charge >= 0.3 is 0 Å². The number of hydrogen-bond donors (Lipinski definition) is 0. The van der Waals surface area contributed by atoms with Gasteiger partial charge in [0.15, 0.2) is 5.78 Å². The largest absolute Gasteiger partial charge is 0.496 e. The van der Waals surface area contributed by atoms with E-state index in [-0.39, 0.29) is 5.78 Å². The first-order valence-corrected chi connectivity index (χ1v) is 7.86. The van der Waals surface area contributed by atoms with Gasteiger partial charge in [-0.25, -0.2) is 4.68 Å². The molecule has 3 aromatic rings. The predicted octanol–water partition coefficient (Wildman–Crippen LogP) is 3.92. The maximum absolute atomic E-state index is 12.8. The van der Waals surface area contributed by atoms with E-state index < -0.39 is 0 Å². The quantitative estimate of drug-likeness (QED) is 0.669. The highest BCUT2D eigenvalue weighted by Crippen LogP contribution is 2.25. The molecule has 0 aliphatic heterocycles. The van der Waals surface area contributed by atoms with Crippen LogP contribution in [0.5, 0.6) is 5.75 Å². The molecule has 3 rings (SSSR count). The van der Waals surface area contributed by atoms with E-state index in [0.29, 0.717) is 12.0 Å². The number of Topliss-reactive ketones (excluding diaryl/α,β-unsaturated/α-hetero) is 1. The van der Waals surface area contributed by atoms with Gasteiger partial charge in [0.25, 0.3) is 0 Å². The summed E-state index contributed by atoms with van der Waals surface area (Å²) in [5.41, 5.74) is 4.66. The summed E-state index contributed by atoms with van der Waals surface area (Å²) in [4.78, 5) is 12.8. The van der Waals surface area contributed by atoms with Crippen LogP contribution in [0.25, 0.3) is 5.69 Å². The number of ether oxygens (including phenoxy) is 1. The van der Waals surface area contributed by atoms with E-state index in [1.165, 1.54) is 0 Å². The van der Waals surface area contributed by atoms with Crippen molar-refractivity contribution in [2.75, 3.05) is 7.11 Å². The molecule has 4 heteroatoms. The summed E-state index contributed by atoms with van der Waals surface area (Å²) in [7, 11) is 1.63. The Labute approximate surface area is 141 Å². The Morgan fingerprint density at radius 2 is 1.96 bits per heavy atom. The Hall–Kier alpha value is -2.88. The molecule has 0 fully saturated rings. The van der Waals surface area contributed by atoms with Crippen LogP contribution in [0.2, 0.25) is 0 Å². The molecule has 0 N–H and O–H groups in total. The SMILES string of the molecule is COc1cc(C(=O)Cc2ccccc2-n2cccn2)cc(C)c1C. The number of rotatable bonds is 5. The molecule has 0 saturated carbocycles. The fourth-order valence-corrected chi connectivity index (χ4v) is 2.77. The van der Waals surface area contributed by atoms with Gasteiger partial charge in [-0.1, -0.05) is 18.2 Å². The molecule has 122 valence electrons. The van der Waals surface area contributed by atoms with Crippen LogP contribution < -0.4 is 4.74 Å². The highest BCUT2D eigenvalue weighted by molar-refractivity contribution is 5.98. The molecular weight excluding hydrogens is 300 g/mol. The van der Waals surface area contributed by atoms with Gasteiger partial charge in [0.05, 0.1) is 12.8 Å². The average Bonchev–Trinajstić information content (AvgIpc) is 3.12. The first-order valence-electron chi connectivity index (χ1n) is 7.86. The third-order valence-electron chi connectivity index (χ3n) is 4.26. The molecule has 0 amide bonds. The molecule has 1 heterocycles. The Morgan fingerprint density at radius 3 is 2.67 bits per heavy atom. The second-order valence-electron chi connectivity index (χ2n) is 5.80. The molecule has 0 atom stereocenters. The monoisotopic (exact) mass is 320 g/mol. The first kappa shape index (κ1) is 16.0. The van der Waals surface area contributed by atoms with Gasteiger partial charge in [0.1, 0.15) is 5.75 Å². The van der Waals surface area contributed by atoms with Gasteiger partial charge in [-0.3, -0.25) is 4.79 Å². The van der Waals surface area contributed by atoms with Crippen molar-refractivity contribution >= 4 is 5.78 Å². The number of carbonyl (C=O) groups excluding carboxylic acids is 1. The predicted molar refractivity (Wildman–Crippen MR) is 94.1 cm³/mol. The number of benzene rings is 2. The Balaban J connectivity index is 1.93. The van der Waals surface area contributed by atoms with Crippen molar-refractivity contribution in [3.63, 3.8) is 0 Å². The molecule has 0 unspecified atom stereocenters. The van der Waals surface area contributed by atoms with E-state index in [1.807, 2.05) is 62.5 Å². The fraction of sp³-hybridized carbons (Fsp3) is 0.200. The molecular formula is C20H20N2O2. The minimum Gasteiger partial charge on any atom is -0.496 e. The number of nitrogens with zero attached hydrogens (tertiary/aromatic N) is 2. The van der Waals surface area contributed by atoms with E-state index in [9.17, 15) is 4.79 Å². The second-order valence-corrected chi connectivity index (χ2v) is 5.80. The Morgan fingerprint density at radius 1 is 1.17 bits per heavy atom. The molecule has 0 bridgehead atoms. The van der Waals surface area contributed by atoms with Crippen LogP contribution in [0.3, 0.4) is 0 Å². The van der Waals surface area contributed by atoms with Gasteiger partial charge in [-0.15, -0.1) is 0 Å². The lowest BCUT2D eigenvalue weighted by Crippen LogP contribution is -2.08. The molecule has 0 aliphatic rings. The van der Waals surface area contributed by atoms with E-state index in [4.69, 9.17) is 4.74 Å². The second kappa shape index (κ2) is 6.71. The maximum atomic E-state index is 12.8. The first-order chi connectivity index (χ1) is 11.6. The summed E-state index contributed by atoms with van der Waals surface area (Å²) in [6.45, 7) is 3.99. The third-order valence-corrected chi connectivity index (χ3v) is 4.26. The summed E-state index contributed by atoms with van der Waals surface area (Å²) in [5, 5.41) is 4.27. The van der Waals surface area contributed by atoms with Crippen molar-refractivity contribution in [3.8, 4) is 11.4 Å². The van der Waals surface area contributed by atoms with Crippen LogP contribution in [-0.4, -0.2) is 22.7 Å². The van der Waals surface area contributed by atoms with Gasteiger partial charge < -0.3 is 4.74 Å². The van der Waals surface area contributed by atoms with Gasteiger partial charge in [-0.05, 0) is 54.8 Å². The summed E-state index contributed by atoms with van der Waals surface area (Å²) < 4.78 is 7.16. The number of hydrogen-bond acceptors (Lipinski definition) is 3. The smallest absolute Gasteiger partial charge is 0.167 e. The number of aromatic nitrogens is 2. The number of para-hydroxylation sites is 1.